The molecule has 1 atom stereocenters. The number of hydrogen-bond donors (Lipinski definition) is 1. The Morgan fingerprint density at radius 1 is 1.27 bits per heavy atom. The highest BCUT2D eigenvalue weighted by molar-refractivity contribution is 5.51. The Labute approximate surface area is 131 Å². The number of nitrogens with zero attached hydrogens (tertiary/aromatic N) is 1. The number of piperazine rings is 1. The Bertz CT molecular complexity index is 509. The molecule has 0 aromatic heterocycles. The Balaban J connectivity index is 1.75. The first kappa shape index (κ1) is 15.4. The molecular formula is C16H24N2O4. The fraction of sp³-hybridized carbons (Fsp3) is 0.625. The van der Waals surface area contributed by atoms with Gasteiger partial charge in [0.05, 0.1) is 6.61 Å². The van der Waals surface area contributed by atoms with Crippen LogP contribution in [0.2, 0.25) is 0 Å². The number of rotatable bonds is 6. The largest absolute Gasteiger partial charge is 0.491 e. The third-order valence-corrected chi connectivity index (χ3v) is 3.95. The van der Waals surface area contributed by atoms with Crippen LogP contribution in [0.15, 0.2) is 12.1 Å². The number of hydrogen-bond acceptors (Lipinski definition) is 6. The lowest BCUT2D eigenvalue weighted by atomic mass is 10.1. The van der Waals surface area contributed by atoms with Gasteiger partial charge < -0.3 is 24.3 Å². The van der Waals surface area contributed by atoms with Crippen LogP contribution in [0, 0.1) is 0 Å². The second-order valence-corrected chi connectivity index (χ2v) is 5.74. The van der Waals surface area contributed by atoms with Gasteiger partial charge in [-0.3, -0.25) is 4.90 Å². The first-order chi connectivity index (χ1) is 10.8. The van der Waals surface area contributed by atoms with E-state index in [4.69, 9.17) is 18.9 Å². The van der Waals surface area contributed by atoms with Gasteiger partial charge in [-0.25, -0.2) is 0 Å². The molecule has 1 N–H and O–H groups in total. The summed E-state index contributed by atoms with van der Waals surface area (Å²) in [5.41, 5.74) is 1.13. The van der Waals surface area contributed by atoms with Crippen molar-refractivity contribution < 1.29 is 18.9 Å². The van der Waals surface area contributed by atoms with Gasteiger partial charge in [0.1, 0.15) is 12.4 Å². The number of nitrogens with one attached hydrogen (secondary N) is 1. The summed E-state index contributed by atoms with van der Waals surface area (Å²) in [5, 5.41) is 3.46. The molecular weight excluding hydrogens is 284 g/mol. The second-order valence-electron chi connectivity index (χ2n) is 5.74. The van der Waals surface area contributed by atoms with Crippen LogP contribution in [-0.2, 0) is 11.3 Å². The third-order valence-electron chi connectivity index (χ3n) is 3.95. The van der Waals surface area contributed by atoms with Gasteiger partial charge in [-0.2, -0.15) is 0 Å². The third kappa shape index (κ3) is 3.63. The molecule has 1 aromatic rings. The molecule has 0 unspecified atom stereocenters. The summed E-state index contributed by atoms with van der Waals surface area (Å²) in [7, 11) is 1.67. The van der Waals surface area contributed by atoms with Crippen LogP contribution < -0.4 is 19.5 Å². The zero-order valence-corrected chi connectivity index (χ0v) is 13.3. The molecule has 122 valence electrons. The Hall–Kier alpha value is -1.50. The monoisotopic (exact) mass is 308 g/mol. The average Bonchev–Trinajstić information content (AvgIpc) is 2.95. The Kier molecular flexibility index (Phi) is 5.02. The summed E-state index contributed by atoms with van der Waals surface area (Å²) in [5.74, 6) is 2.41. The van der Waals surface area contributed by atoms with Crippen LogP contribution in [0.25, 0.3) is 0 Å². The summed E-state index contributed by atoms with van der Waals surface area (Å²) < 4.78 is 21.9. The maximum absolute atomic E-state index is 5.87. The average molecular weight is 308 g/mol. The molecule has 6 heteroatoms. The lowest BCUT2D eigenvalue weighted by Gasteiger charge is -2.32. The van der Waals surface area contributed by atoms with Gasteiger partial charge in [0, 0.05) is 51.0 Å². The molecule has 3 rings (SSSR count). The number of benzene rings is 1. The van der Waals surface area contributed by atoms with Crippen molar-refractivity contribution in [3.8, 4) is 17.2 Å². The van der Waals surface area contributed by atoms with Gasteiger partial charge in [0.15, 0.2) is 11.5 Å². The predicted octanol–water partition coefficient (Wildman–Crippen LogP) is 1.23. The van der Waals surface area contributed by atoms with Crippen molar-refractivity contribution >= 4 is 0 Å². The summed E-state index contributed by atoms with van der Waals surface area (Å²) in [6.45, 7) is 7.53. The van der Waals surface area contributed by atoms with Gasteiger partial charge in [-0.15, -0.1) is 0 Å². The van der Waals surface area contributed by atoms with E-state index in [2.05, 4.69) is 17.1 Å². The lowest BCUT2D eigenvalue weighted by molar-refractivity contribution is 0.143. The van der Waals surface area contributed by atoms with E-state index in [0.29, 0.717) is 19.3 Å². The molecule has 0 spiro atoms. The molecule has 0 radical (unpaired) electrons. The van der Waals surface area contributed by atoms with Crippen LogP contribution in [0.4, 0.5) is 0 Å². The van der Waals surface area contributed by atoms with E-state index in [1.165, 1.54) is 0 Å². The van der Waals surface area contributed by atoms with Gasteiger partial charge in [0.2, 0.25) is 6.79 Å². The standard InChI is InChI=1S/C16H24N2O4/c1-12-9-18(4-3-17-12)10-13-7-15-16(22-11-21-15)8-14(13)20-6-5-19-2/h7-8,12,17H,3-6,9-11H2,1-2H3/t12-/m0/s1. The van der Waals surface area contributed by atoms with Crippen molar-refractivity contribution in [2.45, 2.75) is 19.5 Å². The maximum atomic E-state index is 5.87. The van der Waals surface area contributed by atoms with Crippen molar-refractivity contribution in [3.63, 3.8) is 0 Å². The van der Waals surface area contributed by atoms with E-state index in [0.717, 1.165) is 49.0 Å². The topological polar surface area (TPSA) is 52.2 Å². The van der Waals surface area contributed by atoms with Crippen molar-refractivity contribution in [2.24, 2.45) is 0 Å². The minimum atomic E-state index is 0.279. The Morgan fingerprint density at radius 3 is 2.86 bits per heavy atom. The highest BCUT2D eigenvalue weighted by Crippen LogP contribution is 2.38. The van der Waals surface area contributed by atoms with E-state index in [9.17, 15) is 0 Å². The van der Waals surface area contributed by atoms with E-state index in [1.54, 1.807) is 7.11 Å². The molecule has 1 saturated heterocycles. The molecule has 2 heterocycles. The van der Waals surface area contributed by atoms with Crippen LogP contribution in [-0.4, -0.2) is 57.7 Å². The summed E-state index contributed by atoms with van der Waals surface area (Å²) in [6, 6.07) is 4.48. The fourth-order valence-corrected chi connectivity index (χ4v) is 2.86. The predicted molar refractivity (Wildman–Crippen MR) is 82.7 cm³/mol. The number of fused-ring (bicyclic) bond motifs is 1. The molecule has 0 saturated carbocycles. The second kappa shape index (κ2) is 7.17. The molecule has 0 bridgehead atoms. The SMILES string of the molecule is COCCOc1cc2c(cc1CN1CCN[C@@H](C)C1)OCO2. The van der Waals surface area contributed by atoms with Crippen LogP contribution in [0.5, 0.6) is 17.2 Å². The van der Waals surface area contributed by atoms with E-state index in [1.807, 2.05) is 12.1 Å². The van der Waals surface area contributed by atoms with E-state index in [-0.39, 0.29) is 6.79 Å². The maximum Gasteiger partial charge on any atom is 0.231 e. The summed E-state index contributed by atoms with van der Waals surface area (Å²) in [6.07, 6.45) is 0. The van der Waals surface area contributed by atoms with Gasteiger partial charge in [-0.1, -0.05) is 0 Å². The molecule has 2 aliphatic rings. The van der Waals surface area contributed by atoms with Crippen molar-refractivity contribution in [1.29, 1.82) is 0 Å². The highest BCUT2D eigenvalue weighted by atomic mass is 16.7. The fourth-order valence-electron chi connectivity index (χ4n) is 2.86. The van der Waals surface area contributed by atoms with Crippen LogP contribution in [0.3, 0.4) is 0 Å². The van der Waals surface area contributed by atoms with Gasteiger partial charge in [0.25, 0.3) is 0 Å². The van der Waals surface area contributed by atoms with E-state index < -0.39 is 0 Å². The first-order valence-corrected chi connectivity index (χ1v) is 7.76. The highest BCUT2D eigenvalue weighted by Gasteiger charge is 2.21. The first-order valence-electron chi connectivity index (χ1n) is 7.76. The van der Waals surface area contributed by atoms with Crippen molar-refractivity contribution in [2.75, 3.05) is 46.8 Å². The zero-order chi connectivity index (χ0) is 15.4. The molecule has 2 aliphatic heterocycles. The molecule has 6 nitrogen and oxygen atoms in total. The molecule has 1 aromatic carbocycles. The normalized spacial score (nSPS) is 21.1. The molecule has 22 heavy (non-hydrogen) atoms. The van der Waals surface area contributed by atoms with Crippen LogP contribution in [0.1, 0.15) is 12.5 Å². The lowest BCUT2D eigenvalue weighted by Crippen LogP contribution is -2.48. The minimum absolute atomic E-state index is 0.279. The summed E-state index contributed by atoms with van der Waals surface area (Å²) >= 11 is 0. The molecule has 1 fully saturated rings. The van der Waals surface area contributed by atoms with Crippen molar-refractivity contribution in [1.82, 2.24) is 10.2 Å². The summed E-state index contributed by atoms with van der Waals surface area (Å²) in [4.78, 5) is 2.43. The van der Waals surface area contributed by atoms with E-state index >= 15 is 0 Å². The quantitative estimate of drug-likeness (QED) is 0.798. The van der Waals surface area contributed by atoms with Crippen molar-refractivity contribution in [3.05, 3.63) is 17.7 Å². The minimum Gasteiger partial charge on any atom is -0.491 e. The molecule has 0 amide bonds. The zero-order valence-electron chi connectivity index (χ0n) is 13.3. The van der Waals surface area contributed by atoms with Crippen LogP contribution >= 0.6 is 0 Å². The van der Waals surface area contributed by atoms with Gasteiger partial charge >= 0.3 is 0 Å². The number of ether oxygens (including phenoxy) is 4. The Morgan fingerprint density at radius 2 is 2.09 bits per heavy atom. The smallest absolute Gasteiger partial charge is 0.231 e. The number of methoxy groups -OCH3 is 1. The molecule has 0 aliphatic carbocycles. The van der Waals surface area contributed by atoms with Gasteiger partial charge in [-0.05, 0) is 13.0 Å².